The lowest BCUT2D eigenvalue weighted by molar-refractivity contribution is 0.0806. The summed E-state index contributed by atoms with van der Waals surface area (Å²) in [5.74, 6) is 0.00824. The molecule has 7 heteroatoms. The highest BCUT2D eigenvalue weighted by Crippen LogP contribution is 2.32. The van der Waals surface area contributed by atoms with Crippen LogP contribution in [0, 0.1) is 17.2 Å². The lowest BCUT2D eigenvalue weighted by Gasteiger charge is -2.40. The van der Waals surface area contributed by atoms with Gasteiger partial charge in [-0.2, -0.15) is 5.26 Å². The van der Waals surface area contributed by atoms with Gasteiger partial charge in [0.05, 0.1) is 11.3 Å². The standard InChI is InChI=1S/C24H31FN6/c25-21-17-31(22-5-4-18(14-26)23-24(22)28-9-8-27-23)16-19(21)15-29-12-6-20(7-13-29)30-10-2-1-3-11-30/h4-5,8-9,19-21H,1-3,6-7,10-13,15-17H2/t19-,21?/m0/s1. The van der Waals surface area contributed by atoms with Crippen LogP contribution < -0.4 is 4.90 Å². The van der Waals surface area contributed by atoms with Crippen LogP contribution in [-0.4, -0.2) is 77.8 Å². The summed E-state index contributed by atoms with van der Waals surface area (Å²) in [6.07, 6.45) is 8.89. The minimum Gasteiger partial charge on any atom is -0.366 e. The molecule has 1 unspecified atom stereocenters. The van der Waals surface area contributed by atoms with Crippen molar-refractivity contribution in [1.82, 2.24) is 19.8 Å². The third kappa shape index (κ3) is 4.24. The summed E-state index contributed by atoms with van der Waals surface area (Å²) < 4.78 is 15.0. The predicted molar refractivity (Wildman–Crippen MR) is 120 cm³/mol. The number of nitrogens with zero attached hydrogens (tertiary/aromatic N) is 6. The first kappa shape index (κ1) is 20.6. The largest absolute Gasteiger partial charge is 0.366 e. The minimum atomic E-state index is -0.845. The topological polar surface area (TPSA) is 59.3 Å². The average Bonchev–Trinajstić information content (AvgIpc) is 3.19. The van der Waals surface area contributed by atoms with Crippen LogP contribution in [0.4, 0.5) is 10.1 Å². The van der Waals surface area contributed by atoms with Gasteiger partial charge in [0.25, 0.3) is 0 Å². The van der Waals surface area contributed by atoms with Crippen molar-refractivity contribution in [1.29, 1.82) is 5.26 Å². The summed E-state index contributed by atoms with van der Waals surface area (Å²) in [6.45, 7) is 6.57. The smallest absolute Gasteiger partial charge is 0.123 e. The van der Waals surface area contributed by atoms with Gasteiger partial charge in [0.2, 0.25) is 0 Å². The van der Waals surface area contributed by atoms with Gasteiger partial charge in [0.1, 0.15) is 23.3 Å². The normalized spacial score (nSPS) is 26.4. The van der Waals surface area contributed by atoms with E-state index < -0.39 is 6.17 Å². The van der Waals surface area contributed by atoms with Gasteiger partial charge in [-0.3, -0.25) is 9.97 Å². The van der Waals surface area contributed by atoms with Crippen molar-refractivity contribution in [2.75, 3.05) is 50.7 Å². The van der Waals surface area contributed by atoms with Gasteiger partial charge in [-0.1, -0.05) is 6.42 Å². The van der Waals surface area contributed by atoms with Crippen LogP contribution in [-0.2, 0) is 0 Å². The molecule has 1 aromatic carbocycles. The van der Waals surface area contributed by atoms with Crippen molar-refractivity contribution >= 4 is 16.7 Å². The highest BCUT2D eigenvalue weighted by Gasteiger charge is 2.36. The van der Waals surface area contributed by atoms with E-state index in [1.807, 2.05) is 6.07 Å². The Morgan fingerprint density at radius 2 is 1.71 bits per heavy atom. The molecule has 3 fully saturated rings. The Labute approximate surface area is 183 Å². The van der Waals surface area contributed by atoms with E-state index in [9.17, 15) is 5.26 Å². The summed E-state index contributed by atoms with van der Waals surface area (Å²) in [7, 11) is 0. The van der Waals surface area contributed by atoms with Crippen molar-refractivity contribution in [2.24, 2.45) is 5.92 Å². The zero-order valence-corrected chi connectivity index (χ0v) is 18.1. The summed E-state index contributed by atoms with van der Waals surface area (Å²) in [6, 6.07) is 6.58. The molecule has 4 heterocycles. The van der Waals surface area contributed by atoms with Crippen molar-refractivity contribution in [3.05, 3.63) is 30.1 Å². The quantitative estimate of drug-likeness (QED) is 0.754. The third-order valence-electron chi connectivity index (χ3n) is 7.38. The molecule has 0 bridgehead atoms. The van der Waals surface area contributed by atoms with Gasteiger partial charge in [-0.25, -0.2) is 4.39 Å². The second kappa shape index (κ2) is 9.05. The van der Waals surface area contributed by atoms with Crippen LogP contribution in [0.1, 0.15) is 37.7 Å². The Kier molecular flexibility index (Phi) is 6.02. The Morgan fingerprint density at radius 3 is 2.45 bits per heavy atom. The maximum atomic E-state index is 15.0. The molecule has 3 saturated heterocycles. The van der Waals surface area contributed by atoms with Crippen molar-refractivity contribution < 1.29 is 4.39 Å². The fourth-order valence-corrected chi connectivity index (χ4v) is 5.67. The monoisotopic (exact) mass is 422 g/mol. The van der Waals surface area contributed by atoms with E-state index in [2.05, 4.69) is 30.7 Å². The molecule has 0 N–H and O–H groups in total. The molecule has 0 aliphatic carbocycles. The van der Waals surface area contributed by atoms with Gasteiger partial charge < -0.3 is 14.7 Å². The van der Waals surface area contributed by atoms with Crippen LogP contribution in [0.2, 0.25) is 0 Å². The number of nitriles is 1. The number of benzene rings is 1. The first-order valence-corrected chi connectivity index (χ1v) is 11.7. The van der Waals surface area contributed by atoms with E-state index in [1.54, 1.807) is 18.5 Å². The summed E-state index contributed by atoms with van der Waals surface area (Å²) in [5, 5.41) is 9.36. The molecule has 2 aromatic rings. The van der Waals surface area contributed by atoms with Crippen LogP contribution in [0.5, 0.6) is 0 Å². The van der Waals surface area contributed by atoms with E-state index in [0.29, 0.717) is 29.7 Å². The number of hydrogen-bond donors (Lipinski definition) is 0. The Bertz CT molecular complexity index is 945. The Balaban J connectivity index is 1.22. The SMILES string of the molecule is N#Cc1ccc(N2CC(F)[C@@H](CN3CCC(N4CCCCC4)CC3)C2)c2nccnc12. The van der Waals surface area contributed by atoms with Gasteiger partial charge in [0, 0.05) is 44.0 Å². The summed E-state index contributed by atoms with van der Waals surface area (Å²) >= 11 is 0. The summed E-state index contributed by atoms with van der Waals surface area (Å²) in [4.78, 5) is 16.1. The first-order chi connectivity index (χ1) is 15.2. The zero-order valence-electron chi connectivity index (χ0n) is 18.1. The molecule has 0 spiro atoms. The number of likely N-dealkylation sites (tertiary alicyclic amines) is 2. The van der Waals surface area contributed by atoms with Crippen molar-refractivity contribution in [3.8, 4) is 6.07 Å². The number of anilines is 1. The third-order valence-corrected chi connectivity index (χ3v) is 7.38. The highest BCUT2D eigenvalue weighted by atomic mass is 19.1. The summed E-state index contributed by atoms with van der Waals surface area (Å²) in [5.41, 5.74) is 2.69. The molecular weight excluding hydrogens is 391 g/mol. The molecule has 164 valence electrons. The fourth-order valence-electron chi connectivity index (χ4n) is 5.67. The first-order valence-electron chi connectivity index (χ1n) is 11.7. The highest BCUT2D eigenvalue weighted by molar-refractivity contribution is 5.92. The van der Waals surface area contributed by atoms with Crippen LogP contribution in [0.25, 0.3) is 11.0 Å². The lowest BCUT2D eigenvalue weighted by Crippen LogP contribution is -2.48. The second-order valence-electron chi connectivity index (χ2n) is 9.31. The maximum absolute atomic E-state index is 15.0. The van der Waals surface area contributed by atoms with Crippen LogP contribution in [0.3, 0.4) is 0 Å². The van der Waals surface area contributed by atoms with Gasteiger partial charge in [-0.15, -0.1) is 0 Å². The maximum Gasteiger partial charge on any atom is 0.123 e. The predicted octanol–water partition coefficient (Wildman–Crippen LogP) is 3.23. The second-order valence-corrected chi connectivity index (χ2v) is 9.31. The van der Waals surface area contributed by atoms with Crippen LogP contribution in [0.15, 0.2) is 24.5 Å². The number of fused-ring (bicyclic) bond motifs is 1. The van der Waals surface area contributed by atoms with Crippen molar-refractivity contribution in [2.45, 2.75) is 44.3 Å². The molecule has 3 aliphatic rings. The number of piperidine rings is 2. The minimum absolute atomic E-state index is 0.00824. The van der Waals surface area contributed by atoms with Crippen LogP contribution >= 0.6 is 0 Å². The van der Waals surface area contributed by atoms with Gasteiger partial charge in [0.15, 0.2) is 0 Å². The zero-order chi connectivity index (χ0) is 21.2. The van der Waals surface area contributed by atoms with E-state index in [4.69, 9.17) is 0 Å². The molecule has 0 amide bonds. The number of alkyl halides is 1. The van der Waals surface area contributed by atoms with Crippen molar-refractivity contribution in [3.63, 3.8) is 0 Å². The van der Waals surface area contributed by atoms with E-state index in [1.165, 1.54) is 45.2 Å². The van der Waals surface area contributed by atoms with E-state index in [-0.39, 0.29) is 5.92 Å². The molecule has 1 aromatic heterocycles. The number of halogens is 1. The lowest BCUT2D eigenvalue weighted by atomic mass is 9.98. The Hall–Kier alpha value is -2.30. The number of aromatic nitrogens is 2. The molecule has 31 heavy (non-hydrogen) atoms. The molecule has 6 nitrogen and oxygen atoms in total. The molecule has 3 aliphatic heterocycles. The fraction of sp³-hybridized carbons (Fsp3) is 0.625. The molecule has 0 radical (unpaired) electrons. The molecule has 0 saturated carbocycles. The van der Waals surface area contributed by atoms with Gasteiger partial charge in [-0.05, 0) is 64.0 Å². The molecular formula is C24H31FN6. The molecule has 5 rings (SSSR count). The van der Waals surface area contributed by atoms with E-state index >= 15 is 4.39 Å². The van der Waals surface area contributed by atoms with E-state index in [0.717, 1.165) is 31.4 Å². The number of rotatable bonds is 4. The average molecular weight is 423 g/mol. The van der Waals surface area contributed by atoms with Gasteiger partial charge >= 0.3 is 0 Å². The Morgan fingerprint density at radius 1 is 0.968 bits per heavy atom. The number of hydrogen-bond acceptors (Lipinski definition) is 6. The molecule has 2 atom stereocenters.